The van der Waals surface area contributed by atoms with E-state index in [0.717, 1.165) is 19.3 Å². The Labute approximate surface area is 91.0 Å². The van der Waals surface area contributed by atoms with Crippen molar-refractivity contribution in [1.29, 1.82) is 0 Å². The van der Waals surface area contributed by atoms with Crippen molar-refractivity contribution in [2.75, 3.05) is 13.6 Å². The van der Waals surface area contributed by atoms with Crippen LogP contribution in [0.4, 0.5) is 0 Å². The quantitative estimate of drug-likeness (QED) is 0.705. The summed E-state index contributed by atoms with van der Waals surface area (Å²) in [6.07, 6.45) is 3.65. The maximum Gasteiger partial charge on any atom is 0.229 e. The Hall–Kier alpha value is -0.900. The second-order valence-corrected chi connectivity index (χ2v) is 4.00. The number of imide groups is 1. The fraction of sp³-hybridized carbons (Fsp3) is 0.818. The zero-order valence-electron chi connectivity index (χ0n) is 9.58. The number of carbonyl (C=O) groups excluding carboxylic acids is 2. The highest BCUT2D eigenvalue weighted by Crippen LogP contribution is 2.13. The van der Waals surface area contributed by atoms with E-state index in [1.54, 1.807) is 0 Å². The largest absolute Gasteiger partial charge is 0.315 e. The Kier molecular flexibility index (Phi) is 4.75. The van der Waals surface area contributed by atoms with Crippen LogP contribution in [0.5, 0.6) is 0 Å². The van der Waals surface area contributed by atoms with E-state index in [1.807, 2.05) is 14.0 Å². The smallest absolute Gasteiger partial charge is 0.229 e. The van der Waals surface area contributed by atoms with E-state index in [4.69, 9.17) is 0 Å². The first-order valence-electron chi connectivity index (χ1n) is 5.69. The van der Waals surface area contributed by atoms with Gasteiger partial charge in [-0.15, -0.1) is 0 Å². The maximum absolute atomic E-state index is 11.7. The molecule has 0 spiro atoms. The predicted octanol–water partition coefficient (Wildman–Crippen LogP) is 0.914. The molecule has 0 bridgehead atoms. The van der Waals surface area contributed by atoms with Gasteiger partial charge in [0.2, 0.25) is 11.8 Å². The molecule has 1 N–H and O–H groups in total. The maximum atomic E-state index is 11.7. The van der Waals surface area contributed by atoms with Crippen LogP contribution in [0, 0.1) is 0 Å². The molecule has 15 heavy (non-hydrogen) atoms. The second-order valence-electron chi connectivity index (χ2n) is 4.00. The van der Waals surface area contributed by atoms with Gasteiger partial charge in [0.05, 0.1) is 0 Å². The summed E-state index contributed by atoms with van der Waals surface area (Å²) in [5, 5.41) is 3.11. The summed E-state index contributed by atoms with van der Waals surface area (Å²) >= 11 is 0. The lowest BCUT2D eigenvalue weighted by Crippen LogP contribution is -2.44. The first-order chi connectivity index (χ1) is 7.19. The van der Waals surface area contributed by atoms with Crippen LogP contribution in [0.25, 0.3) is 0 Å². The minimum absolute atomic E-state index is 0.00815. The van der Waals surface area contributed by atoms with E-state index >= 15 is 0 Å². The number of amides is 2. The summed E-state index contributed by atoms with van der Waals surface area (Å²) < 4.78 is 0. The van der Waals surface area contributed by atoms with Crippen molar-refractivity contribution in [3.8, 4) is 0 Å². The standard InChI is InChI=1S/C11H20N2O2/c1-3-9(12-2)8-13-10(14)6-4-5-7-11(13)15/h9,12H,3-8H2,1-2H3. The summed E-state index contributed by atoms with van der Waals surface area (Å²) in [7, 11) is 1.86. The molecule has 0 radical (unpaired) electrons. The first kappa shape index (κ1) is 12.2. The van der Waals surface area contributed by atoms with Gasteiger partial charge in [0.1, 0.15) is 0 Å². The summed E-state index contributed by atoms with van der Waals surface area (Å²) in [5.74, 6) is -0.0163. The molecule has 1 unspecified atom stereocenters. The molecule has 86 valence electrons. The van der Waals surface area contributed by atoms with Crippen LogP contribution in [-0.4, -0.2) is 36.3 Å². The van der Waals surface area contributed by atoms with E-state index in [0.29, 0.717) is 19.4 Å². The van der Waals surface area contributed by atoms with Gasteiger partial charge in [-0.05, 0) is 26.3 Å². The van der Waals surface area contributed by atoms with Crippen LogP contribution >= 0.6 is 0 Å². The van der Waals surface area contributed by atoms with Crippen molar-refractivity contribution >= 4 is 11.8 Å². The van der Waals surface area contributed by atoms with Gasteiger partial charge in [-0.1, -0.05) is 6.92 Å². The third-order valence-corrected chi connectivity index (χ3v) is 2.94. The molecule has 0 aromatic carbocycles. The lowest BCUT2D eigenvalue weighted by atomic mass is 10.2. The summed E-state index contributed by atoms with van der Waals surface area (Å²) in [5.41, 5.74) is 0. The first-order valence-corrected chi connectivity index (χ1v) is 5.69. The molecule has 1 rings (SSSR count). The van der Waals surface area contributed by atoms with Gasteiger partial charge in [-0.2, -0.15) is 0 Å². The van der Waals surface area contributed by atoms with Gasteiger partial charge < -0.3 is 5.32 Å². The SMILES string of the molecule is CCC(CN1C(=O)CCCCC1=O)NC. The van der Waals surface area contributed by atoms with E-state index in [2.05, 4.69) is 5.32 Å². The average Bonchev–Trinajstić information content (AvgIpc) is 2.39. The lowest BCUT2D eigenvalue weighted by molar-refractivity contribution is -0.144. The molecule has 1 aliphatic heterocycles. The second kappa shape index (κ2) is 5.85. The molecule has 0 aromatic heterocycles. The monoisotopic (exact) mass is 212 g/mol. The number of carbonyl (C=O) groups is 2. The van der Waals surface area contributed by atoms with Crippen LogP contribution < -0.4 is 5.32 Å². The molecular weight excluding hydrogens is 192 g/mol. The summed E-state index contributed by atoms with van der Waals surface area (Å²) in [4.78, 5) is 24.8. The normalized spacial score (nSPS) is 20.3. The number of nitrogens with zero attached hydrogens (tertiary/aromatic N) is 1. The van der Waals surface area contributed by atoms with Gasteiger partial charge in [-0.3, -0.25) is 14.5 Å². The van der Waals surface area contributed by atoms with Crippen LogP contribution in [0.1, 0.15) is 39.0 Å². The third-order valence-electron chi connectivity index (χ3n) is 2.94. The summed E-state index contributed by atoms with van der Waals surface area (Å²) in [6.45, 7) is 2.57. The molecule has 0 aromatic rings. The number of hydrogen-bond acceptors (Lipinski definition) is 3. The third kappa shape index (κ3) is 3.30. The van der Waals surface area contributed by atoms with Crippen molar-refractivity contribution in [2.45, 2.75) is 45.1 Å². The van der Waals surface area contributed by atoms with Crippen molar-refractivity contribution in [3.05, 3.63) is 0 Å². The molecule has 0 saturated carbocycles. The number of nitrogens with one attached hydrogen (secondary N) is 1. The van der Waals surface area contributed by atoms with E-state index < -0.39 is 0 Å². The van der Waals surface area contributed by atoms with Crippen LogP contribution in [0.3, 0.4) is 0 Å². The number of likely N-dealkylation sites (tertiary alicyclic amines) is 1. The van der Waals surface area contributed by atoms with Gasteiger partial charge in [-0.25, -0.2) is 0 Å². The van der Waals surface area contributed by atoms with Gasteiger partial charge >= 0.3 is 0 Å². The van der Waals surface area contributed by atoms with Gasteiger partial charge in [0, 0.05) is 25.4 Å². The highest BCUT2D eigenvalue weighted by Gasteiger charge is 2.25. The van der Waals surface area contributed by atoms with Crippen molar-refractivity contribution in [3.63, 3.8) is 0 Å². The predicted molar refractivity (Wildman–Crippen MR) is 58.3 cm³/mol. The van der Waals surface area contributed by atoms with E-state index in [1.165, 1.54) is 4.90 Å². The van der Waals surface area contributed by atoms with Crippen LogP contribution in [0.2, 0.25) is 0 Å². The topological polar surface area (TPSA) is 49.4 Å². The Balaban J connectivity index is 2.62. The van der Waals surface area contributed by atoms with E-state index in [-0.39, 0.29) is 17.9 Å². The fourth-order valence-electron chi connectivity index (χ4n) is 1.81. The molecule has 1 saturated heterocycles. The van der Waals surface area contributed by atoms with Crippen LogP contribution in [-0.2, 0) is 9.59 Å². The summed E-state index contributed by atoms with van der Waals surface area (Å²) in [6, 6.07) is 0.219. The van der Waals surface area contributed by atoms with Gasteiger partial charge in [0.25, 0.3) is 0 Å². The molecule has 4 heteroatoms. The van der Waals surface area contributed by atoms with Gasteiger partial charge in [0.15, 0.2) is 0 Å². The number of hydrogen-bond donors (Lipinski definition) is 1. The van der Waals surface area contributed by atoms with Crippen molar-refractivity contribution < 1.29 is 9.59 Å². The molecule has 1 fully saturated rings. The van der Waals surface area contributed by atoms with E-state index in [9.17, 15) is 9.59 Å². The minimum atomic E-state index is -0.00815. The van der Waals surface area contributed by atoms with Crippen molar-refractivity contribution in [2.24, 2.45) is 0 Å². The molecule has 2 amide bonds. The molecule has 0 aliphatic carbocycles. The molecular formula is C11H20N2O2. The minimum Gasteiger partial charge on any atom is -0.315 e. The number of likely N-dealkylation sites (N-methyl/N-ethyl adjacent to an activating group) is 1. The van der Waals surface area contributed by atoms with Crippen LogP contribution in [0.15, 0.2) is 0 Å². The molecule has 1 atom stereocenters. The Bertz CT molecular complexity index is 219. The fourth-order valence-corrected chi connectivity index (χ4v) is 1.81. The Morgan fingerprint density at radius 3 is 2.20 bits per heavy atom. The Morgan fingerprint density at radius 1 is 1.27 bits per heavy atom. The molecule has 4 nitrogen and oxygen atoms in total. The highest BCUT2D eigenvalue weighted by molar-refractivity contribution is 5.96. The highest BCUT2D eigenvalue weighted by atomic mass is 16.2. The zero-order chi connectivity index (χ0) is 11.3. The Morgan fingerprint density at radius 2 is 1.80 bits per heavy atom. The molecule has 1 aliphatic rings. The van der Waals surface area contributed by atoms with Crippen molar-refractivity contribution in [1.82, 2.24) is 10.2 Å². The number of rotatable bonds is 4. The zero-order valence-corrected chi connectivity index (χ0v) is 9.58. The lowest BCUT2D eigenvalue weighted by Gasteiger charge is -2.24. The average molecular weight is 212 g/mol. The molecule has 1 heterocycles.